The van der Waals surface area contributed by atoms with Gasteiger partial charge >= 0.3 is 5.63 Å². The van der Waals surface area contributed by atoms with Crippen LogP contribution in [0.3, 0.4) is 0 Å². The third kappa shape index (κ3) is 3.61. The monoisotopic (exact) mass is 331 g/mol. The topological polar surface area (TPSA) is 36.7 Å². The second-order valence-corrected chi connectivity index (χ2v) is 6.75. The van der Waals surface area contributed by atoms with Gasteiger partial charge in [0, 0.05) is 42.8 Å². The summed E-state index contributed by atoms with van der Waals surface area (Å²) in [6, 6.07) is 5.75. The highest BCUT2D eigenvalue weighted by Crippen LogP contribution is 2.32. The molecule has 3 rings (SSSR count). The molecule has 2 heterocycles. The number of hydrogen-bond donors (Lipinski definition) is 0. The van der Waals surface area contributed by atoms with Crippen LogP contribution < -0.4 is 10.5 Å². The van der Waals surface area contributed by atoms with Gasteiger partial charge in [-0.05, 0) is 57.0 Å². The second kappa shape index (κ2) is 7.34. The van der Waals surface area contributed by atoms with E-state index in [2.05, 4.69) is 15.9 Å². The van der Waals surface area contributed by atoms with Gasteiger partial charge in [0.05, 0.1) is 6.67 Å². The van der Waals surface area contributed by atoms with Crippen LogP contribution in [-0.2, 0) is 12.8 Å². The summed E-state index contributed by atoms with van der Waals surface area (Å²) in [5, 5.41) is 1.03. The fraction of sp³-hybridized carbons (Fsp3) is 0.526. The van der Waals surface area contributed by atoms with E-state index >= 15 is 0 Å². The van der Waals surface area contributed by atoms with Crippen molar-refractivity contribution in [3.8, 4) is 0 Å². The van der Waals surface area contributed by atoms with Crippen LogP contribution >= 0.6 is 0 Å². The zero-order valence-electron chi connectivity index (χ0n) is 14.5. The summed E-state index contributed by atoms with van der Waals surface area (Å²) in [5.41, 5.74) is 3.74. The third-order valence-electron chi connectivity index (χ3n) is 4.63. The van der Waals surface area contributed by atoms with Gasteiger partial charge in [0.15, 0.2) is 0 Å². The van der Waals surface area contributed by atoms with Gasteiger partial charge in [0.2, 0.25) is 0 Å². The van der Waals surface area contributed by atoms with Crippen molar-refractivity contribution in [3.05, 3.63) is 39.7 Å². The summed E-state index contributed by atoms with van der Waals surface area (Å²) in [6.07, 6.45) is 3.45. The van der Waals surface area contributed by atoms with Crippen LogP contribution in [0.5, 0.6) is 0 Å². The Hall–Kier alpha value is -1.88. The SMILES string of the molecule is CN(C)CCc1cc(=O)oc2cc3c(cc12)CCCN3CCC[18F]. The number of aryl methyl sites for hydroxylation is 1. The molecular formula is C19H25FN2O2. The molecule has 1 aliphatic rings. The maximum absolute atomic E-state index is 12.5. The molecule has 4 nitrogen and oxygen atoms in total. The van der Waals surface area contributed by atoms with Crippen molar-refractivity contribution in [1.82, 2.24) is 4.90 Å². The first-order valence-corrected chi connectivity index (χ1v) is 8.64. The van der Waals surface area contributed by atoms with Crippen LogP contribution in [0.1, 0.15) is 24.0 Å². The van der Waals surface area contributed by atoms with Crippen molar-refractivity contribution >= 4 is 16.7 Å². The highest BCUT2D eigenvalue weighted by Gasteiger charge is 2.19. The van der Waals surface area contributed by atoms with Crippen molar-refractivity contribution in [2.24, 2.45) is 0 Å². The first-order valence-electron chi connectivity index (χ1n) is 8.64. The molecule has 0 amide bonds. The number of nitrogens with zero attached hydrogens (tertiary/aromatic N) is 2. The van der Waals surface area contributed by atoms with E-state index in [1.54, 1.807) is 6.07 Å². The van der Waals surface area contributed by atoms with Crippen LogP contribution in [0.15, 0.2) is 27.4 Å². The lowest BCUT2D eigenvalue weighted by Gasteiger charge is -2.31. The number of alkyl halides is 1. The van der Waals surface area contributed by atoms with Crippen molar-refractivity contribution < 1.29 is 8.81 Å². The molecule has 0 saturated heterocycles. The van der Waals surface area contributed by atoms with E-state index in [0.29, 0.717) is 18.5 Å². The summed E-state index contributed by atoms with van der Waals surface area (Å²) in [5.74, 6) is 0. The largest absolute Gasteiger partial charge is 0.423 e. The fourth-order valence-electron chi connectivity index (χ4n) is 3.42. The maximum atomic E-state index is 12.5. The highest BCUT2D eigenvalue weighted by molar-refractivity contribution is 5.86. The Labute approximate surface area is 141 Å². The zero-order valence-corrected chi connectivity index (χ0v) is 14.5. The number of halogens is 1. The standard InChI is InChI=1S/C19H25FN2O2/c1-21(2)10-6-14-12-19(23)24-18-13-17-15(11-16(14)18)5-3-8-22(17)9-4-7-20/h11-13H,3-10H2,1-2H3/i20-1. The van der Waals surface area contributed by atoms with Crippen LogP contribution in [-0.4, -0.2) is 45.3 Å². The van der Waals surface area contributed by atoms with E-state index < -0.39 is 0 Å². The van der Waals surface area contributed by atoms with E-state index in [0.717, 1.165) is 49.0 Å². The minimum atomic E-state index is -0.303. The minimum absolute atomic E-state index is 0.302. The van der Waals surface area contributed by atoms with Gasteiger partial charge < -0.3 is 14.2 Å². The Morgan fingerprint density at radius 3 is 2.88 bits per heavy atom. The lowest BCUT2D eigenvalue weighted by Crippen LogP contribution is -2.30. The van der Waals surface area contributed by atoms with Gasteiger partial charge in [0.1, 0.15) is 5.58 Å². The Bertz CT molecular complexity index is 770. The van der Waals surface area contributed by atoms with Gasteiger partial charge in [-0.25, -0.2) is 4.79 Å². The molecule has 5 heteroatoms. The Morgan fingerprint density at radius 1 is 1.29 bits per heavy atom. The average molecular weight is 331 g/mol. The molecule has 0 spiro atoms. The normalized spacial score (nSPS) is 14.4. The Balaban J connectivity index is 2.03. The first-order chi connectivity index (χ1) is 11.6. The van der Waals surface area contributed by atoms with Crippen LogP contribution in [0.2, 0.25) is 0 Å². The molecule has 0 saturated carbocycles. The van der Waals surface area contributed by atoms with Gasteiger partial charge in [-0.15, -0.1) is 0 Å². The zero-order chi connectivity index (χ0) is 17.1. The molecule has 0 aliphatic carbocycles. The van der Waals surface area contributed by atoms with Gasteiger partial charge in [-0.1, -0.05) is 0 Å². The molecule has 24 heavy (non-hydrogen) atoms. The summed E-state index contributed by atoms with van der Waals surface area (Å²) >= 11 is 0. The maximum Gasteiger partial charge on any atom is 0.336 e. The number of hydrogen-bond acceptors (Lipinski definition) is 4. The minimum Gasteiger partial charge on any atom is -0.423 e. The lowest BCUT2D eigenvalue weighted by atomic mass is 9.97. The van der Waals surface area contributed by atoms with Crippen molar-refractivity contribution in [2.45, 2.75) is 25.7 Å². The predicted octanol–water partition coefficient (Wildman–Crippen LogP) is 3.01. The smallest absolute Gasteiger partial charge is 0.336 e. The van der Waals surface area contributed by atoms with E-state index in [9.17, 15) is 9.18 Å². The fourth-order valence-corrected chi connectivity index (χ4v) is 3.42. The molecule has 2 aromatic rings. The summed E-state index contributed by atoms with van der Waals surface area (Å²) in [7, 11) is 4.05. The number of benzene rings is 1. The summed E-state index contributed by atoms with van der Waals surface area (Å²) in [6.45, 7) is 2.23. The number of anilines is 1. The second-order valence-electron chi connectivity index (χ2n) is 6.75. The lowest BCUT2D eigenvalue weighted by molar-refractivity contribution is 0.413. The van der Waals surface area contributed by atoms with Gasteiger partial charge in [-0.2, -0.15) is 0 Å². The highest BCUT2D eigenvalue weighted by atomic mass is 18.2. The molecule has 0 fully saturated rings. The van der Waals surface area contributed by atoms with Gasteiger partial charge in [-0.3, -0.25) is 4.39 Å². The molecule has 130 valence electrons. The third-order valence-corrected chi connectivity index (χ3v) is 4.63. The van der Waals surface area contributed by atoms with E-state index in [4.69, 9.17) is 4.42 Å². The van der Waals surface area contributed by atoms with Crippen molar-refractivity contribution in [1.29, 1.82) is 0 Å². The van der Waals surface area contributed by atoms with Gasteiger partial charge in [0.25, 0.3) is 0 Å². The molecule has 1 aromatic heterocycles. The number of likely N-dealkylation sites (N-methyl/N-ethyl adjacent to an activating group) is 1. The molecule has 1 aromatic carbocycles. The van der Waals surface area contributed by atoms with Crippen LogP contribution in [0.4, 0.5) is 10.1 Å². The average Bonchev–Trinajstić information content (AvgIpc) is 2.56. The number of rotatable bonds is 6. The van der Waals surface area contributed by atoms with E-state index in [1.165, 1.54) is 5.56 Å². The Morgan fingerprint density at radius 2 is 2.12 bits per heavy atom. The first kappa shape index (κ1) is 17.0. The van der Waals surface area contributed by atoms with Crippen molar-refractivity contribution in [2.75, 3.05) is 45.3 Å². The molecule has 0 bridgehead atoms. The van der Waals surface area contributed by atoms with Crippen LogP contribution in [0, 0.1) is 0 Å². The van der Waals surface area contributed by atoms with E-state index in [-0.39, 0.29) is 12.3 Å². The van der Waals surface area contributed by atoms with Crippen molar-refractivity contribution in [3.63, 3.8) is 0 Å². The summed E-state index contributed by atoms with van der Waals surface area (Å²) in [4.78, 5) is 16.2. The molecular weight excluding hydrogens is 306 g/mol. The number of fused-ring (bicyclic) bond motifs is 2. The predicted molar refractivity (Wildman–Crippen MR) is 95.9 cm³/mol. The quantitative estimate of drug-likeness (QED) is 0.763. The molecule has 0 radical (unpaired) electrons. The van der Waals surface area contributed by atoms with Crippen LogP contribution in [0.25, 0.3) is 11.0 Å². The Kier molecular flexibility index (Phi) is 5.19. The van der Waals surface area contributed by atoms with E-state index in [1.807, 2.05) is 20.2 Å². The molecule has 1 aliphatic heterocycles. The molecule has 0 N–H and O–H groups in total. The molecule has 0 atom stereocenters. The summed E-state index contributed by atoms with van der Waals surface area (Å²) < 4.78 is 18.0. The molecule has 0 unspecified atom stereocenters.